The summed E-state index contributed by atoms with van der Waals surface area (Å²) in [6.07, 6.45) is 2.08. The Hall–Kier alpha value is -2.47. The van der Waals surface area contributed by atoms with Crippen molar-refractivity contribution in [3.63, 3.8) is 0 Å². The number of aromatic nitrogens is 1. The van der Waals surface area contributed by atoms with Crippen molar-refractivity contribution >= 4 is 38.9 Å². The molecular weight excluding hydrogens is 414 g/mol. The van der Waals surface area contributed by atoms with E-state index in [1.165, 1.54) is 16.4 Å². The molecule has 1 aromatic carbocycles. The number of aryl methyl sites for hydroxylation is 1. The summed E-state index contributed by atoms with van der Waals surface area (Å²) in [5.41, 5.74) is 6.63. The Morgan fingerprint density at radius 2 is 1.83 bits per heavy atom. The van der Waals surface area contributed by atoms with Crippen LogP contribution in [0, 0.1) is 0 Å². The maximum atomic E-state index is 12.6. The summed E-state index contributed by atoms with van der Waals surface area (Å²) in [6.45, 7) is 1.49. The average molecular weight is 438 g/mol. The molecule has 1 amide bonds. The molecule has 156 valence electrons. The van der Waals surface area contributed by atoms with Crippen molar-refractivity contribution in [1.29, 1.82) is 0 Å². The van der Waals surface area contributed by atoms with E-state index >= 15 is 0 Å². The van der Waals surface area contributed by atoms with Gasteiger partial charge in [0, 0.05) is 37.7 Å². The lowest BCUT2D eigenvalue weighted by atomic mass is 10.3. The number of ether oxygens (including phenoxy) is 1. The van der Waals surface area contributed by atoms with E-state index in [0.717, 1.165) is 5.69 Å². The number of nitrogens with zero attached hydrogens (tertiary/aromatic N) is 2. The minimum atomic E-state index is -3.54. The average Bonchev–Trinajstić information content (AvgIpc) is 3.12. The molecule has 0 spiro atoms. The molecule has 1 aliphatic rings. The van der Waals surface area contributed by atoms with Crippen LogP contribution in [-0.2, 0) is 33.0 Å². The van der Waals surface area contributed by atoms with Gasteiger partial charge in [-0.3, -0.25) is 15.6 Å². The Morgan fingerprint density at radius 1 is 1.14 bits per heavy atom. The van der Waals surface area contributed by atoms with Crippen molar-refractivity contribution in [2.45, 2.75) is 11.3 Å². The summed E-state index contributed by atoms with van der Waals surface area (Å²) in [6, 6.07) is 10.0. The molecule has 11 heteroatoms. The predicted molar refractivity (Wildman–Crippen MR) is 113 cm³/mol. The molecule has 1 saturated heterocycles. The molecule has 2 aromatic rings. The fourth-order valence-corrected chi connectivity index (χ4v) is 4.40. The first kappa shape index (κ1) is 21.2. The molecule has 3 N–H and O–H groups in total. The first-order chi connectivity index (χ1) is 13.9. The highest BCUT2D eigenvalue weighted by Gasteiger charge is 2.26. The zero-order valence-corrected chi connectivity index (χ0v) is 17.6. The molecule has 0 unspecified atom stereocenters. The van der Waals surface area contributed by atoms with E-state index in [9.17, 15) is 13.2 Å². The number of thiocarbonyl (C=S) groups is 1. The van der Waals surface area contributed by atoms with Gasteiger partial charge in [0.1, 0.15) is 0 Å². The molecule has 9 nitrogen and oxygen atoms in total. The Kier molecular flexibility index (Phi) is 6.85. The first-order valence-corrected chi connectivity index (χ1v) is 10.8. The van der Waals surface area contributed by atoms with E-state index in [1.807, 2.05) is 29.9 Å². The molecule has 0 bridgehead atoms. The van der Waals surface area contributed by atoms with Gasteiger partial charge < -0.3 is 14.6 Å². The monoisotopic (exact) mass is 437 g/mol. The van der Waals surface area contributed by atoms with Crippen molar-refractivity contribution in [1.82, 2.24) is 19.7 Å². The molecule has 1 aliphatic heterocycles. The predicted octanol–water partition coefficient (Wildman–Crippen LogP) is 0.606. The number of carbonyl (C=O) groups is 1. The van der Waals surface area contributed by atoms with Crippen molar-refractivity contribution in [2.75, 3.05) is 31.6 Å². The van der Waals surface area contributed by atoms with Gasteiger partial charge in [-0.05, 0) is 48.6 Å². The third-order valence-electron chi connectivity index (χ3n) is 4.43. The van der Waals surface area contributed by atoms with Crippen molar-refractivity contribution in [2.24, 2.45) is 7.05 Å². The van der Waals surface area contributed by atoms with E-state index < -0.39 is 10.0 Å². The van der Waals surface area contributed by atoms with Crippen LogP contribution in [-0.4, -0.2) is 54.6 Å². The van der Waals surface area contributed by atoms with Crippen LogP contribution >= 0.6 is 12.2 Å². The summed E-state index contributed by atoms with van der Waals surface area (Å²) in [7, 11) is -1.67. The maximum Gasteiger partial charge on any atom is 0.244 e. The maximum absolute atomic E-state index is 12.6. The molecule has 3 rings (SSSR count). The van der Waals surface area contributed by atoms with Gasteiger partial charge in [-0.1, -0.05) is 0 Å². The van der Waals surface area contributed by atoms with Gasteiger partial charge in [-0.25, -0.2) is 8.42 Å². The third kappa shape index (κ3) is 5.54. The van der Waals surface area contributed by atoms with Crippen molar-refractivity contribution < 1.29 is 17.9 Å². The number of hydrogen-bond acceptors (Lipinski definition) is 5. The number of benzene rings is 1. The highest BCUT2D eigenvalue weighted by atomic mass is 32.2. The van der Waals surface area contributed by atoms with Gasteiger partial charge in [0.2, 0.25) is 15.9 Å². The molecule has 1 aromatic heterocycles. The molecule has 0 atom stereocenters. The number of amides is 1. The van der Waals surface area contributed by atoms with Gasteiger partial charge in [-0.15, -0.1) is 0 Å². The lowest BCUT2D eigenvalue weighted by Crippen LogP contribution is -2.44. The summed E-state index contributed by atoms with van der Waals surface area (Å²) in [4.78, 5) is 12.2. The van der Waals surface area contributed by atoms with E-state index in [-0.39, 0.29) is 22.3 Å². The second kappa shape index (κ2) is 9.35. The van der Waals surface area contributed by atoms with Crippen molar-refractivity contribution in [3.05, 3.63) is 48.3 Å². The van der Waals surface area contributed by atoms with Gasteiger partial charge >= 0.3 is 0 Å². The molecule has 0 saturated carbocycles. The standard InChI is InChI=1S/C18H23N5O4S2/c1-22-8-2-3-15(22)13-17(24)20-21-18(28)19-14-4-6-16(7-5-14)29(25,26)23-9-11-27-12-10-23/h2-8H,9-13H2,1H3,(H,20,24)(H2,19,21,28). The van der Waals surface area contributed by atoms with Crippen LogP contribution in [0.3, 0.4) is 0 Å². The number of hydrazine groups is 1. The topological polar surface area (TPSA) is 105 Å². The molecule has 0 aliphatic carbocycles. The minimum absolute atomic E-state index is 0.189. The second-order valence-electron chi connectivity index (χ2n) is 6.46. The van der Waals surface area contributed by atoms with E-state index in [2.05, 4.69) is 16.2 Å². The van der Waals surface area contributed by atoms with Crippen LogP contribution in [0.15, 0.2) is 47.5 Å². The highest BCUT2D eigenvalue weighted by Crippen LogP contribution is 2.19. The number of sulfonamides is 1. The molecular formula is C18H23N5O4S2. The van der Waals surface area contributed by atoms with Gasteiger partial charge in [-0.2, -0.15) is 4.31 Å². The Bertz CT molecular complexity index is 966. The van der Waals surface area contributed by atoms with Crippen LogP contribution in [0.25, 0.3) is 0 Å². The first-order valence-electron chi connectivity index (χ1n) is 9.00. The number of carbonyl (C=O) groups excluding carboxylic acids is 1. The Morgan fingerprint density at radius 3 is 2.45 bits per heavy atom. The fraction of sp³-hybridized carbons (Fsp3) is 0.333. The van der Waals surface area contributed by atoms with Gasteiger partial charge in [0.05, 0.1) is 24.5 Å². The Labute approximate surface area is 175 Å². The number of nitrogens with one attached hydrogen (secondary N) is 3. The number of anilines is 1. The summed E-state index contributed by atoms with van der Waals surface area (Å²) < 4.78 is 33.7. The van der Waals surface area contributed by atoms with Crippen LogP contribution in [0.2, 0.25) is 0 Å². The second-order valence-corrected chi connectivity index (χ2v) is 8.80. The SMILES string of the molecule is Cn1cccc1CC(=O)NNC(=S)Nc1ccc(S(=O)(=O)N2CCOCC2)cc1. The van der Waals surface area contributed by atoms with E-state index in [1.54, 1.807) is 12.1 Å². The molecule has 2 heterocycles. The molecule has 0 radical (unpaired) electrons. The summed E-state index contributed by atoms with van der Waals surface area (Å²) in [5, 5.41) is 3.09. The minimum Gasteiger partial charge on any atom is -0.379 e. The molecule has 29 heavy (non-hydrogen) atoms. The Balaban J connectivity index is 1.50. The van der Waals surface area contributed by atoms with E-state index in [0.29, 0.717) is 32.0 Å². The van der Waals surface area contributed by atoms with Crippen LogP contribution in [0.5, 0.6) is 0 Å². The van der Waals surface area contributed by atoms with Gasteiger partial charge in [0.25, 0.3) is 0 Å². The number of morpholine rings is 1. The van der Waals surface area contributed by atoms with Crippen LogP contribution in [0.1, 0.15) is 5.69 Å². The quantitative estimate of drug-likeness (QED) is 0.465. The zero-order valence-electron chi connectivity index (χ0n) is 15.9. The van der Waals surface area contributed by atoms with E-state index in [4.69, 9.17) is 17.0 Å². The fourth-order valence-electron chi connectivity index (χ4n) is 2.82. The molecule has 1 fully saturated rings. The van der Waals surface area contributed by atoms with Gasteiger partial charge in [0.15, 0.2) is 5.11 Å². The number of hydrogen-bond donors (Lipinski definition) is 3. The van der Waals surface area contributed by atoms with Crippen LogP contribution < -0.4 is 16.2 Å². The lowest BCUT2D eigenvalue weighted by Gasteiger charge is -2.26. The lowest BCUT2D eigenvalue weighted by molar-refractivity contribution is -0.121. The van der Waals surface area contributed by atoms with Crippen molar-refractivity contribution in [3.8, 4) is 0 Å². The van der Waals surface area contributed by atoms with Crippen LogP contribution in [0.4, 0.5) is 5.69 Å². The smallest absolute Gasteiger partial charge is 0.244 e. The number of rotatable bonds is 5. The highest BCUT2D eigenvalue weighted by molar-refractivity contribution is 7.89. The zero-order chi connectivity index (χ0) is 20.9. The normalized spacial score (nSPS) is 14.9. The third-order valence-corrected chi connectivity index (χ3v) is 6.55. The summed E-state index contributed by atoms with van der Waals surface area (Å²) >= 11 is 5.15. The summed E-state index contributed by atoms with van der Waals surface area (Å²) in [5.74, 6) is -0.233. The largest absolute Gasteiger partial charge is 0.379 e.